The summed E-state index contributed by atoms with van der Waals surface area (Å²) in [6, 6.07) is 6.10. The Hall–Kier alpha value is -1.42. The Morgan fingerprint density at radius 1 is 1.38 bits per heavy atom. The third-order valence-corrected chi connectivity index (χ3v) is 1.96. The van der Waals surface area contributed by atoms with Crippen LogP contribution in [0.2, 0.25) is 0 Å². The third-order valence-electron chi connectivity index (χ3n) is 1.96. The highest BCUT2D eigenvalue weighted by atomic mass is 16.5. The summed E-state index contributed by atoms with van der Waals surface area (Å²) < 4.78 is 5.11. The van der Waals surface area contributed by atoms with E-state index in [1.807, 2.05) is 13.0 Å². The summed E-state index contributed by atoms with van der Waals surface area (Å²) in [6.45, 7) is 6.26. The SMILES string of the molecule is C#COc1cc(C)ccc1C(C)C. The minimum atomic E-state index is 0.434. The van der Waals surface area contributed by atoms with Crippen molar-refractivity contribution >= 4 is 0 Å². The van der Waals surface area contributed by atoms with Crippen LogP contribution in [0.3, 0.4) is 0 Å². The molecule has 0 aliphatic heterocycles. The second-order valence-electron chi connectivity index (χ2n) is 3.42. The first-order valence-electron chi connectivity index (χ1n) is 4.38. The van der Waals surface area contributed by atoms with Crippen molar-refractivity contribution in [1.29, 1.82) is 0 Å². The van der Waals surface area contributed by atoms with Crippen LogP contribution < -0.4 is 4.74 Å². The highest BCUT2D eigenvalue weighted by Gasteiger charge is 2.06. The molecule has 0 heterocycles. The molecule has 0 aromatic heterocycles. The Kier molecular flexibility index (Phi) is 2.97. The van der Waals surface area contributed by atoms with Gasteiger partial charge in [0.1, 0.15) is 11.9 Å². The van der Waals surface area contributed by atoms with Crippen LogP contribution in [0.1, 0.15) is 30.9 Å². The van der Waals surface area contributed by atoms with E-state index in [1.54, 1.807) is 0 Å². The van der Waals surface area contributed by atoms with Gasteiger partial charge in [-0.2, -0.15) is 0 Å². The normalized spacial score (nSPS) is 9.77. The molecule has 0 spiro atoms. The summed E-state index contributed by atoms with van der Waals surface area (Å²) in [5, 5.41) is 0. The molecule has 1 rings (SSSR count). The van der Waals surface area contributed by atoms with E-state index in [-0.39, 0.29) is 0 Å². The van der Waals surface area contributed by atoms with Gasteiger partial charge in [0.25, 0.3) is 0 Å². The smallest absolute Gasteiger partial charge is 0.143 e. The molecule has 13 heavy (non-hydrogen) atoms. The monoisotopic (exact) mass is 174 g/mol. The highest BCUT2D eigenvalue weighted by molar-refractivity contribution is 5.39. The number of benzene rings is 1. The molecule has 0 amide bonds. The van der Waals surface area contributed by atoms with Crippen LogP contribution in [0.25, 0.3) is 0 Å². The van der Waals surface area contributed by atoms with Gasteiger partial charge in [0.2, 0.25) is 0 Å². The molecule has 0 fully saturated rings. The molecule has 1 aromatic rings. The Morgan fingerprint density at radius 3 is 2.62 bits per heavy atom. The molecule has 1 aromatic carbocycles. The van der Waals surface area contributed by atoms with Crippen molar-refractivity contribution in [1.82, 2.24) is 0 Å². The molecule has 0 aliphatic carbocycles. The average molecular weight is 174 g/mol. The zero-order chi connectivity index (χ0) is 9.84. The van der Waals surface area contributed by atoms with Gasteiger partial charge in [-0.1, -0.05) is 32.4 Å². The Balaban J connectivity index is 3.12. The van der Waals surface area contributed by atoms with Crippen molar-refractivity contribution in [3.8, 4) is 18.3 Å². The molecule has 0 unspecified atom stereocenters. The van der Waals surface area contributed by atoms with Gasteiger partial charge < -0.3 is 4.74 Å². The molecule has 0 radical (unpaired) electrons. The first kappa shape index (κ1) is 9.67. The minimum absolute atomic E-state index is 0.434. The Morgan fingerprint density at radius 2 is 2.08 bits per heavy atom. The van der Waals surface area contributed by atoms with Crippen molar-refractivity contribution in [2.75, 3.05) is 0 Å². The van der Waals surface area contributed by atoms with Crippen LogP contribution in [0.15, 0.2) is 18.2 Å². The lowest BCUT2D eigenvalue weighted by Crippen LogP contribution is -1.94. The fraction of sp³-hybridized carbons (Fsp3) is 0.333. The number of ether oxygens (including phenoxy) is 1. The first-order chi connectivity index (χ1) is 6.15. The lowest BCUT2D eigenvalue weighted by molar-refractivity contribution is 0.508. The second kappa shape index (κ2) is 4.00. The molecule has 0 aliphatic rings. The fourth-order valence-electron chi connectivity index (χ4n) is 1.27. The first-order valence-corrected chi connectivity index (χ1v) is 4.38. The zero-order valence-electron chi connectivity index (χ0n) is 8.29. The van der Waals surface area contributed by atoms with Gasteiger partial charge in [0, 0.05) is 0 Å². The van der Waals surface area contributed by atoms with E-state index in [9.17, 15) is 0 Å². The highest BCUT2D eigenvalue weighted by Crippen LogP contribution is 2.27. The quantitative estimate of drug-likeness (QED) is 0.626. The fourth-order valence-corrected chi connectivity index (χ4v) is 1.27. The van der Waals surface area contributed by atoms with Crippen molar-refractivity contribution < 1.29 is 4.74 Å². The van der Waals surface area contributed by atoms with E-state index < -0.39 is 0 Å². The van der Waals surface area contributed by atoms with Crippen LogP contribution >= 0.6 is 0 Å². The molecule has 0 N–H and O–H groups in total. The van der Waals surface area contributed by atoms with E-state index in [1.165, 1.54) is 0 Å². The van der Waals surface area contributed by atoms with Gasteiger partial charge in [-0.15, -0.1) is 0 Å². The van der Waals surface area contributed by atoms with Crippen molar-refractivity contribution in [2.45, 2.75) is 26.7 Å². The van der Waals surface area contributed by atoms with Gasteiger partial charge in [-0.05, 0) is 30.0 Å². The van der Waals surface area contributed by atoms with Crippen molar-refractivity contribution in [3.63, 3.8) is 0 Å². The maximum atomic E-state index is 5.11. The molecule has 0 atom stereocenters. The van der Waals surface area contributed by atoms with Gasteiger partial charge in [-0.3, -0.25) is 0 Å². The van der Waals surface area contributed by atoms with E-state index in [0.29, 0.717) is 5.92 Å². The molecule has 0 saturated heterocycles. The minimum Gasteiger partial charge on any atom is -0.408 e. The number of terminal acetylenes is 1. The standard InChI is InChI=1S/C12H14O/c1-5-13-12-8-10(4)6-7-11(12)9(2)3/h1,6-9H,2-4H3. The van der Waals surface area contributed by atoms with Crippen LogP contribution in [0.4, 0.5) is 0 Å². The number of hydrogen-bond donors (Lipinski definition) is 0. The summed E-state index contributed by atoms with van der Waals surface area (Å²) in [4.78, 5) is 0. The molecular weight excluding hydrogens is 160 g/mol. The van der Waals surface area contributed by atoms with Gasteiger partial charge >= 0.3 is 0 Å². The molecular formula is C12H14O. The van der Waals surface area contributed by atoms with Gasteiger partial charge in [0.05, 0.1) is 0 Å². The Labute approximate surface area is 79.7 Å². The number of rotatable bonds is 2. The maximum absolute atomic E-state index is 5.11. The Bertz CT molecular complexity index is 331. The predicted octanol–water partition coefficient (Wildman–Crippen LogP) is 3.09. The molecule has 0 bridgehead atoms. The lowest BCUT2D eigenvalue weighted by Gasteiger charge is -2.10. The van der Waals surface area contributed by atoms with E-state index in [0.717, 1.165) is 16.9 Å². The topological polar surface area (TPSA) is 9.23 Å². The zero-order valence-corrected chi connectivity index (χ0v) is 8.29. The summed E-state index contributed by atoms with van der Waals surface area (Å²) in [6.07, 6.45) is 7.31. The van der Waals surface area contributed by atoms with Gasteiger partial charge in [0.15, 0.2) is 0 Å². The average Bonchev–Trinajstić information content (AvgIpc) is 2.04. The van der Waals surface area contributed by atoms with Crippen LogP contribution in [-0.2, 0) is 0 Å². The van der Waals surface area contributed by atoms with Gasteiger partial charge in [-0.25, -0.2) is 0 Å². The maximum Gasteiger partial charge on any atom is 0.143 e. The molecule has 1 nitrogen and oxygen atoms in total. The molecule has 0 saturated carbocycles. The number of hydrogen-bond acceptors (Lipinski definition) is 1. The van der Waals surface area contributed by atoms with E-state index in [4.69, 9.17) is 11.2 Å². The molecule has 68 valence electrons. The second-order valence-corrected chi connectivity index (χ2v) is 3.42. The third kappa shape index (κ3) is 2.26. The van der Waals surface area contributed by atoms with Crippen molar-refractivity contribution in [3.05, 3.63) is 29.3 Å². The lowest BCUT2D eigenvalue weighted by atomic mass is 10.0. The van der Waals surface area contributed by atoms with Crippen LogP contribution in [0.5, 0.6) is 5.75 Å². The molecule has 1 heteroatoms. The summed E-state index contributed by atoms with van der Waals surface area (Å²) in [5.74, 6) is 1.24. The van der Waals surface area contributed by atoms with Crippen LogP contribution in [-0.4, -0.2) is 0 Å². The van der Waals surface area contributed by atoms with Crippen molar-refractivity contribution in [2.24, 2.45) is 0 Å². The van der Waals surface area contributed by atoms with E-state index in [2.05, 4.69) is 32.1 Å². The summed E-state index contributed by atoms with van der Waals surface area (Å²) in [7, 11) is 0. The largest absolute Gasteiger partial charge is 0.408 e. The summed E-state index contributed by atoms with van der Waals surface area (Å²) >= 11 is 0. The predicted molar refractivity (Wildman–Crippen MR) is 54.7 cm³/mol. The number of aryl methyl sites for hydroxylation is 1. The summed E-state index contributed by atoms with van der Waals surface area (Å²) in [5.41, 5.74) is 2.32. The van der Waals surface area contributed by atoms with E-state index >= 15 is 0 Å². The van der Waals surface area contributed by atoms with Crippen LogP contribution in [0, 0.1) is 19.5 Å².